The molecule has 9 nitrogen and oxygen atoms in total. The number of likely N-dealkylation sites (tertiary alicyclic amines) is 1. The van der Waals surface area contributed by atoms with Gasteiger partial charge in [0.25, 0.3) is 11.8 Å². The summed E-state index contributed by atoms with van der Waals surface area (Å²) >= 11 is 2.75. The Bertz CT molecular complexity index is 1290. The van der Waals surface area contributed by atoms with E-state index in [0.717, 1.165) is 14.8 Å². The predicted molar refractivity (Wildman–Crippen MR) is 144 cm³/mol. The number of piperidine rings is 1. The van der Waals surface area contributed by atoms with Crippen molar-refractivity contribution >= 4 is 51.7 Å². The molecule has 0 spiro atoms. The first kappa shape index (κ1) is 26.5. The number of nitrogens with one attached hydrogen (secondary N) is 1. The fourth-order valence-corrected chi connectivity index (χ4v) is 5.90. The number of hydrogen-bond donors (Lipinski definition) is 2. The van der Waals surface area contributed by atoms with Crippen LogP contribution in [0.1, 0.15) is 33.6 Å². The molecule has 2 aromatic carbocycles. The standard InChI is InChI=1S/C26H28N4O5S2/c1-29(2)18-8-6-16(7-9-18)23(31)28-26-27-14-22(37-26)36-19-10-11-21(35-3)20(13-19)24(32)30-12-4-5-17(15-30)25(33)34/h6-11,13-14,17H,4-5,12,15H2,1-3H3,(H,33,34)(H,27,28,31). The fourth-order valence-electron chi connectivity index (χ4n) is 4.01. The lowest BCUT2D eigenvalue weighted by Crippen LogP contribution is -2.42. The Balaban J connectivity index is 1.45. The van der Waals surface area contributed by atoms with Crippen LogP contribution in [0.5, 0.6) is 5.75 Å². The Morgan fingerprint density at radius 2 is 1.95 bits per heavy atom. The van der Waals surface area contributed by atoms with Crippen LogP contribution in [0.2, 0.25) is 0 Å². The summed E-state index contributed by atoms with van der Waals surface area (Å²) in [5.41, 5.74) is 1.93. The lowest BCUT2D eigenvalue weighted by atomic mass is 9.97. The van der Waals surface area contributed by atoms with E-state index in [4.69, 9.17) is 4.74 Å². The van der Waals surface area contributed by atoms with Crippen molar-refractivity contribution < 1.29 is 24.2 Å². The van der Waals surface area contributed by atoms with Crippen LogP contribution in [-0.2, 0) is 4.79 Å². The second-order valence-electron chi connectivity index (χ2n) is 8.77. The second kappa shape index (κ2) is 11.7. The number of nitrogens with zero attached hydrogens (tertiary/aromatic N) is 3. The molecule has 0 saturated carbocycles. The van der Waals surface area contributed by atoms with Crippen molar-refractivity contribution in [3.63, 3.8) is 0 Å². The van der Waals surface area contributed by atoms with Gasteiger partial charge >= 0.3 is 5.97 Å². The third kappa shape index (κ3) is 6.41. The Labute approximate surface area is 223 Å². The van der Waals surface area contributed by atoms with Crippen LogP contribution >= 0.6 is 23.1 Å². The van der Waals surface area contributed by atoms with E-state index in [9.17, 15) is 19.5 Å². The highest BCUT2D eigenvalue weighted by molar-refractivity contribution is 8.01. The number of anilines is 2. The summed E-state index contributed by atoms with van der Waals surface area (Å²) in [5, 5.41) is 12.7. The molecule has 11 heteroatoms. The second-order valence-corrected chi connectivity index (χ2v) is 11.2. The van der Waals surface area contributed by atoms with Crippen molar-refractivity contribution in [3.8, 4) is 5.75 Å². The average Bonchev–Trinajstić information content (AvgIpc) is 3.34. The first-order chi connectivity index (χ1) is 17.7. The summed E-state index contributed by atoms with van der Waals surface area (Å²) in [5.74, 6) is -1.49. The number of rotatable bonds is 8. The molecule has 3 aromatic rings. The zero-order chi connectivity index (χ0) is 26.5. The van der Waals surface area contributed by atoms with Gasteiger partial charge in [-0.1, -0.05) is 23.1 Å². The highest BCUT2D eigenvalue weighted by Crippen LogP contribution is 2.36. The van der Waals surface area contributed by atoms with Crippen LogP contribution < -0.4 is 15.0 Å². The van der Waals surface area contributed by atoms with Gasteiger partial charge in [0.1, 0.15) is 5.75 Å². The monoisotopic (exact) mass is 540 g/mol. The maximum absolute atomic E-state index is 13.3. The molecule has 0 radical (unpaired) electrons. The number of aromatic nitrogens is 1. The van der Waals surface area contributed by atoms with Gasteiger partial charge in [-0.25, -0.2) is 4.98 Å². The van der Waals surface area contributed by atoms with Gasteiger partial charge in [0.2, 0.25) is 0 Å². The quantitative estimate of drug-likeness (QED) is 0.428. The topological polar surface area (TPSA) is 112 Å². The number of carboxylic acids is 1. The van der Waals surface area contributed by atoms with E-state index in [1.807, 2.05) is 37.2 Å². The van der Waals surface area contributed by atoms with Crippen molar-refractivity contribution in [2.24, 2.45) is 5.92 Å². The summed E-state index contributed by atoms with van der Waals surface area (Å²) in [6.45, 7) is 0.698. The number of carbonyl (C=O) groups is 3. The molecule has 1 fully saturated rings. The summed E-state index contributed by atoms with van der Waals surface area (Å²) in [4.78, 5) is 46.0. The zero-order valence-corrected chi connectivity index (χ0v) is 22.4. The Morgan fingerprint density at radius 1 is 1.19 bits per heavy atom. The normalized spacial score (nSPS) is 15.2. The number of aliphatic carboxylic acids is 1. The SMILES string of the molecule is COc1ccc(Sc2cnc(NC(=O)c3ccc(N(C)C)cc3)s2)cc1C(=O)N1CCCC(C(=O)O)C1. The fraction of sp³-hybridized carbons (Fsp3) is 0.308. The van der Waals surface area contributed by atoms with Crippen LogP contribution in [0.25, 0.3) is 0 Å². The van der Waals surface area contributed by atoms with E-state index < -0.39 is 11.9 Å². The van der Waals surface area contributed by atoms with Crippen molar-refractivity contribution in [1.29, 1.82) is 0 Å². The molecular weight excluding hydrogens is 512 g/mol. The van der Waals surface area contributed by atoms with Gasteiger partial charge in [-0.2, -0.15) is 0 Å². The van der Waals surface area contributed by atoms with Gasteiger partial charge < -0.3 is 19.6 Å². The molecule has 0 bridgehead atoms. The predicted octanol–water partition coefficient (Wildman–Crippen LogP) is 4.56. The highest BCUT2D eigenvalue weighted by Gasteiger charge is 2.30. The Hall–Kier alpha value is -3.57. The number of carboxylic acid groups (broad SMARTS) is 1. The highest BCUT2D eigenvalue weighted by atomic mass is 32.2. The lowest BCUT2D eigenvalue weighted by Gasteiger charge is -2.31. The molecule has 194 valence electrons. The molecule has 2 heterocycles. The molecular formula is C26H28N4O5S2. The minimum Gasteiger partial charge on any atom is -0.496 e. The van der Waals surface area contributed by atoms with Gasteiger partial charge in [-0.05, 0) is 55.3 Å². The number of ether oxygens (including phenoxy) is 1. The van der Waals surface area contributed by atoms with Crippen LogP contribution in [0, 0.1) is 5.92 Å². The maximum Gasteiger partial charge on any atom is 0.308 e. The molecule has 2 amide bonds. The summed E-state index contributed by atoms with van der Waals surface area (Å²) in [7, 11) is 5.38. The maximum atomic E-state index is 13.3. The van der Waals surface area contributed by atoms with E-state index in [1.165, 1.54) is 30.2 Å². The number of carbonyl (C=O) groups excluding carboxylic acids is 2. The van der Waals surface area contributed by atoms with Gasteiger partial charge in [0.15, 0.2) is 5.13 Å². The van der Waals surface area contributed by atoms with Crippen LogP contribution in [-0.4, -0.2) is 67.1 Å². The molecule has 1 aliphatic rings. The van der Waals surface area contributed by atoms with Crippen LogP contribution in [0.4, 0.5) is 10.8 Å². The van der Waals surface area contributed by atoms with E-state index in [2.05, 4.69) is 10.3 Å². The number of benzene rings is 2. The lowest BCUT2D eigenvalue weighted by molar-refractivity contribution is -0.143. The molecule has 1 aliphatic heterocycles. The Kier molecular flexibility index (Phi) is 8.34. The van der Waals surface area contributed by atoms with Crippen LogP contribution in [0.15, 0.2) is 57.8 Å². The molecule has 1 atom stereocenters. The van der Waals surface area contributed by atoms with Crippen molar-refractivity contribution in [3.05, 3.63) is 59.8 Å². The summed E-state index contributed by atoms with van der Waals surface area (Å²) < 4.78 is 6.25. The molecule has 1 saturated heterocycles. The summed E-state index contributed by atoms with van der Waals surface area (Å²) in [6.07, 6.45) is 2.89. The van der Waals surface area contributed by atoms with Crippen molar-refractivity contribution in [2.75, 3.05) is 44.5 Å². The smallest absolute Gasteiger partial charge is 0.308 e. The van der Waals surface area contributed by atoms with E-state index >= 15 is 0 Å². The Morgan fingerprint density at radius 3 is 2.62 bits per heavy atom. The van der Waals surface area contributed by atoms with Crippen molar-refractivity contribution in [1.82, 2.24) is 9.88 Å². The molecule has 2 N–H and O–H groups in total. The van der Waals surface area contributed by atoms with E-state index in [-0.39, 0.29) is 18.4 Å². The minimum atomic E-state index is -0.882. The number of methoxy groups -OCH3 is 1. The molecule has 1 aromatic heterocycles. The van der Waals surface area contributed by atoms with Crippen LogP contribution in [0.3, 0.4) is 0 Å². The first-order valence-electron chi connectivity index (χ1n) is 11.7. The summed E-state index contributed by atoms with van der Waals surface area (Å²) in [6, 6.07) is 12.6. The molecule has 1 unspecified atom stereocenters. The van der Waals surface area contributed by atoms with E-state index in [1.54, 1.807) is 35.4 Å². The third-order valence-electron chi connectivity index (χ3n) is 6.03. The van der Waals surface area contributed by atoms with Gasteiger partial charge in [0, 0.05) is 43.3 Å². The van der Waals surface area contributed by atoms with Gasteiger partial charge in [-0.3, -0.25) is 19.7 Å². The molecule has 4 rings (SSSR count). The third-order valence-corrected chi connectivity index (χ3v) is 8.03. The van der Waals surface area contributed by atoms with Gasteiger partial charge in [-0.15, -0.1) is 0 Å². The number of hydrogen-bond acceptors (Lipinski definition) is 8. The first-order valence-corrected chi connectivity index (χ1v) is 13.3. The number of thiazole rings is 1. The number of amides is 2. The largest absolute Gasteiger partial charge is 0.496 e. The molecule has 0 aliphatic carbocycles. The van der Waals surface area contributed by atoms with E-state index in [0.29, 0.717) is 41.4 Å². The minimum absolute atomic E-state index is 0.185. The van der Waals surface area contributed by atoms with Crippen molar-refractivity contribution in [2.45, 2.75) is 21.9 Å². The molecule has 37 heavy (non-hydrogen) atoms. The average molecular weight is 541 g/mol. The van der Waals surface area contributed by atoms with Gasteiger partial charge in [0.05, 0.1) is 29.0 Å². The zero-order valence-electron chi connectivity index (χ0n) is 20.8.